The van der Waals surface area contributed by atoms with Gasteiger partial charge in [-0.3, -0.25) is 28.5 Å². The summed E-state index contributed by atoms with van der Waals surface area (Å²) in [6.07, 6.45) is 7.20. The summed E-state index contributed by atoms with van der Waals surface area (Å²) in [6.45, 7) is 4.61. The lowest BCUT2D eigenvalue weighted by molar-refractivity contribution is -0.148. The molecule has 0 aliphatic carbocycles. The highest BCUT2D eigenvalue weighted by molar-refractivity contribution is 7.56. The zero-order valence-electron chi connectivity index (χ0n) is 30.9. The molecular formula is C40H46N5O8PS. The summed E-state index contributed by atoms with van der Waals surface area (Å²) >= 11 is 1.29. The number of fused-ring (bicyclic) bond motifs is 2. The Labute approximate surface area is 323 Å². The molecule has 5 atom stereocenters. The van der Waals surface area contributed by atoms with E-state index in [2.05, 4.69) is 15.4 Å². The van der Waals surface area contributed by atoms with Gasteiger partial charge in [0.1, 0.15) is 23.9 Å². The van der Waals surface area contributed by atoms with Gasteiger partial charge in [-0.1, -0.05) is 31.2 Å². The summed E-state index contributed by atoms with van der Waals surface area (Å²) < 4.78 is 26.4. The summed E-state index contributed by atoms with van der Waals surface area (Å²) in [5.74, 6) is -0.887. The second-order valence-corrected chi connectivity index (χ2v) is 17.8. The molecular weight excluding hydrogens is 742 g/mol. The summed E-state index contributed by atoms with van der Waals surface area (Å²) in [4.78, 5) is 73.1. The van der Waals surface area contributed by atoms with Crippen LogP contribution in [0.15, 0.2) is 77.9 Å². The summed E-state index contributed by atoms with van der Waals surface area (Å²) in [5, 5.41) is 6.64. The minimum Gasteiger partial charge on any atom is -0.465 e. The Morgan fingerprint density at radius 2 is 1.82 bits per heavy atom. The SMILES string of the molecule is CCCOC(=O)[C@H](C)NP(=O)(Cc1ccc2sc(C(=O)N[C@H]3CCC[C@H]4CC[C@@H](C(=O)N5CC(c6c[nH]ccc6=O)C5)N4C3=O)cc2c1)Oc1ccccc1. The highest BCUT2D eigenvalue weighted by Crippen LogP contribution is 2.47. The molecule has 55 heavy (non-hydrogen) atoms. The smallest absolute Gasteiger partial charge is 0.323 e. The zero-order chi connectivity index (χ0) is 38.7. The Balaban J connectivity index is 1.02. The number of pyridine rings is 1. The highest BCUT2D eigenvalue weighted by Gasteiger charge is 2.47. The molecule has 5 heterocycles. The number of aromatic nitrogens is 1. The molecule has 2 aromatic carbocycles. The van der Waals surface area contributed by atoms with Crippen LogP contribution in [0.25, 0.3) is 10.1 Å². The van der Waals surface area contributed by atoms with Crippen LogP contribution in [0, 0.1) is 0 Å². The lowest BCUT2D eigenvalue weighted by atomic mass is 9.91. The average molecular weight is 788 g/mol. The first-order valence-electron chi connectivity index (χ1n) is 18.9. The molecule has 15 heteroatoms. The van der Waals surface area contributed by atoms with E-state index in [1.54, 1.807) is 59.4 Å². The van der Waals surface area contributed by atoms with Gasteiger partial charge in [0, 0.05) is 53.8 Å². The molecule has 0 bridgehead atoms. The standard InChI is InChI=1S/C40H46N5O8PS/c1-3-18-52-40(50)25(2)43-54(51,53-30-9-5-4-6-10-30)24-26-12-15-35-27(19-26)20-36(55-35)37(47)42-32-11-7-8-29-13-14-33(45(29)38(32)48)39(49)44-22-28(23-44)31-21-41-17-16-34(31)46/h4-6,9-10,12,15-17,19-21,25,28-29,32-33H,3,7-8,11,13-14,18,22-24H2,1-2H3,(H,41,46)(H,42,47)(H,43,51)/t25-,29-,32-,33-,54?/m0/s1. The van der Waals surface area contributed by atoms with Crippen molar-refractivity contribution in [3.05, 3.63) is 99.3 Å². The van der Waals surface area contributed by atoms with Crippen molar-refractivity contribution in [1.82, 2.24) is 25.2 Å². The van der Waals surface area contributed by atoms with Crippen molar-refractivity contribution in [3.63, 3.8) is 0 Å². The summed E-state index contributed by atoms with van der Waals surface area (Å²) in [5.41, 5.74) is 1.28. The Hall–Kier alpha value is -4.78. The van der Waals surface area contributed by atoms with Crippen LogP contribution in [-0.4, -0.2) is 82.3 Å². The molecule has 13 nitrogen and oxygen atoms in total. The Morgan fingerprint density at radius 3 is 2.58 bits per heavy atom. The molecule has 0 saturated carbocycles. The van der Waals surface area contributed by atoms with Crippen LogP contribution in [0.5, 0.6) is 5.75 Å². The van der Waals surface area contributed by atoms with Gasteiger partial charge in [-0.25, -0.2) is 5.09 Å². The number of likely N-dealkylation sites (tertiary alicyclic amines) is 1. The molecule has 3 aliphatic rings. The Bertz CT molecular complexity index is 2170. The molecule has 0 spiro atoms. The summed E-state index contributed by atoms with van der Waals surface area (Å²) in [7, 11) is -3.69. The van der Waals surface area contributed by atoms with E-state index in [4.69, 9.17) is 9.26 Å². The van der Waals surface area contributed by atoms with Gasteiger partial charge in [-0.15, -0.1) is 11.3 Å². The van der Waals surface area contributed by atoms with Crippen LogP contribution < -0.4 is 20.4 Å². The predicted octanol–water partition coefficient (Wildman–Crippen LogP) is 5.56. The number of nitrogens with one attached hydrogen (secondary N) is 3. The van der Waals surface area contributed by atoms with Gasteiger partial charge >= 0.3 is 13.5 Å². The number of benzene rings is 2. The number of aromatic amines is 1. The molecule has 0 radical (unpaired) electrons. The molecule has 4 aromatic rings. The fourth-order valence-corrected chi connectivity index (χ4v) is 10.7. The van der Waals surface area contributed by atoms with Crippen molar-refractivity contribution < 1.29 is 33.0 Å². The molecule has 3 fully saturated rings. The maximum atomic E-state index is 14.3. The third kappa shape index (κ3) is 8.56. The number of hydrogen-bond donors (Lipinski definition) is 3. The number of H-pyrrole nitrogens is 1. The van der Waals surface area contributed by atoms with E-state index >= 15 is 0 Å². The Kier molecular flexibility index (Phi) is 11.6. The van der Waals surface area contributed by atoms with Crippen molar-refractivity contribution in [2.24, 2.45) is 0 Å². The van der Waals surface area contributed by atoms with Gasteiger partial charge in [0.25, 0.3) is 5.91 Å². The zero-order valence-corrected chi connectivity index (χ0v) is 32.6. The van der Waals surface area contributed by atoms with Crippen LogP contribution in [-0.2, 0) is 29.8 Å². The second kappa shape index (κ2) is 16.5. The van der Waals surface area contributed by atoms with Crippen molar-refractivity contribution >= 4 is 52.6 Å². The molecule has 3 amide bonds. The quantitative estimate of drug-likeness (QED) is 0.116. The number of nitrogens with zero attached hydrogens (tertiary/aromatic N) is 2. The van der Waals surface area contributed by atoms with Crippen molar-refractivity contribution in [1.29, 1.82) is 0 Å². The number of amides is 3. The number of carbonyl (C=O) groups is 4. The van der Waals surface area contributed by atoms with E-state index < -0.39 is 31.6 Å². The van der Waals surface area contributed by atoms with Crippen molar-refractivity contribution in [3.8, 4) is 5.75 Å². The Morgan fingerprint density at radius 1 is 1.02 bits per heavy atom. The van der Waals surface area contributed by atoms with E-state index in [0.29, 0.717) is 54.1 Å². The molecule has 3 aliphatic heterocycles. The monoisotopic (exact) mass is 787 g/mol. The van der Waals surface area contributed by atoms with Crippen molar-refractivity contribution in [2.75, 3.05) is 19.7 Å². The first-order chi connectivity index (χ1) is 26.5. The highest BCUT2D eigenvalue weighted by atomic mass is 32.1. The maximum absolute atomic E-state index is 14.3. The minimum atomic E-state index is -3.69. The van der Waals surface area contributed by atoms with Crippen LogP contribution in [0.3, 0.4) is 0 Å². The molecule has 3 saturated heterocycles. The second-order valence-electron chi connectivity index (χ2n) is 14.6. The van der Waals surface area contributed by atoms with Gasteiger partial charge < -0.3 is 29.4 Å². The van der Waals surface area contributed by atoms with Gasteiger partial charge in [-0.2, -0.15) is 0 Å². The van der Waals surface area contributed by atoms with Crippen LogP contribution >= 0.6 is 18.9 Å². The van der Waals surface area contributed by atoms with E-state index in [-0.39, 0.29) is 47.9 Å². The topological polar surface area (TPSA) is 167 Å². The molecule has 290 valence electrons. The van der Waals surface area contributed by atoms with E-state index in [0.717, 1.165) is 29.3 Å². The lowest BCUT2D eigenvalue weighted by Crippen LogP contribution is -2.59. The van der Waals surface area contributed by atoms with Crippen LogP contribution in [0.2, 0.25) is 0 Å². The normalized spacial score (nSPS) is 21.6. The number of esters is 1. The fraction of sp³-hybridized carbons (Fsp3) is 0.425. The fourth-order valence-electron chi connectivity index (χ4n) is 7.76. The van der Waals surface area contributed by atoms with Gasteiger partial charge in [-0.05, 0) is 86.7 Å². The number of thiophene rings is 1. The van der Waals surface area contributed by atoms with Crippen LogP contribution in [0.4, 0.5) is 0 Å². The van der Waals surface area contributed by atoms with Crippen LogP contribution in [0.1, 0.15) is 79.1 Å². The molecule has 1 unspecified atom stereocenters. The summed E-state index contributed by atoms with van der Waals surface area (Å²) in [6, 6.07) is 15.2. The van der Waals surface area contributed by atoms with Gasteiger partial charge in [0.15, 0.2) is 5.43 Å². The molecule has 3 N–H and O–H groups in total. The van der Waals surface area contributed by atoms with Gasteiger partial charge in [0.05, 0.1) is 17.6 Å². The molecule has 2 aromatic heterocycles. The predicted molar refractivity (Wildman–Crippen MR) is 209 cm³/mol. The number of para-hydroxylation sites is 1. The number of ether oxygens (including phenoxy) is 1. The maximum Gasteiger partial charge on any atom is 0.323 e. The largest absolute Gasteiger partial charge is 0.465 e. The first-order valence-corrected chi connectivity index (χ1v) is 21.5. The van der Waals surface area contributed by atoms with Crippen molar-refractivity contribution in [2.45, 2.75) is 88.6 Å². The first kappa shape index (κ1) is 38.5. The van der Waals surface area contributed by atoms with Gasteiger partial charge in [0.2, 0.25) is 11.8 Å². The number of rotatable bonds is 13. The molecule has 7 rings (SSSR count). The average Bonchev–Trinajstić information content (AvgIpc) is 3.74. The minimum absolute atomic E-state index is 0.0311. The third-order valence-corrected chi connectivity index (χ3v) is 13.7. The number of carbonyl (C=O) groups excluding carboxylic acids is 4. The third-order valence-electron chi connectivity index (χ3n) is 10.5. The number of hydrogen-bond acceptors (Lipinski definition) is 9. The van der Waals surface area contributed by atoms with E-state index in [1.165, 1.54) is 17.4 Å². The van der Waals surface area contributed by atoms with E-state index in [1.807, 2.05) is 31.2 Å². The lowest BCUT2D eigenvalue weighted by Gasteiger charge is -2.42. The van der Waals surface area contributed by atoms with E-state index in [9.17, 15) is 28.5 Å².